The van der Waals surface area contributed by atoms with Gasteiger partial charge in [-0.3, -0.25) is 4.79 Å². The van der Waals surface area contributed by atoms with Gasteiger partial charge in [0, 0.05) is 24.5 Å². The van der Waals surface area contributed by atoms with Gasteiger partial charge in [-0.1, -0.05) is 0 Å². The SMILES string of the molecule is CCOc1ccc2c(c1CNC(=O)c1csc(C(F)F)c1)N(C)CN2. The summed E-state index contributed by atoms with van der Waals surface area (Å²) >= 11 is 0.886. The van der Waals surface area contributed by atoms with Crippen molar-refractivity contribution in [1.29, 1.82) is 0 Å². The van der Waals surface area contributed by atoms with Gasteiger partial charge >= 0.3 is 0 Å². The molecule has 1 amide bonds. The fourth-order valence-electron chi connectivity index (χ4n) is 2.80. The fourth-order valence-corrected chi connectivity index (χ4v) is 3.53. The standard InChI is InChI=1S/C17H19F2N3O2S/c1-3-24-13-5-4-12-15(22(2)9-21-12)11(13)7-20-17(23)10-6-14(16(18)19)25-8-10/h4-6,8,16,21H,3,7,9H2,1-2H3,(H,20,23). The zero-order chi connectivity index (χ0) is 18.0. The number of alkyl halides is 2. The van der Waals surface area contributed by atoms with E-state index >= 15 is 0 Å². The van der Waals surface area contributed by atoms with Crippen molar-refractivity contribution in [3.05, 3.63) is 39.6 Å². The summed E-state index contributed by atoms with van der Waals surface area (Å²) in [5.74, 6) is 0.326. The minimum Gasteiger partial charge on any atom is -0.493 e. The lowest BCUT2D eigenvalue weighted by molar-refractivity contribution is 0.0951. The molecule has 3 rings (SSSR count). The molecule has 1 aromatic carbocycles. The van der Waals surface area contributed by atoms with Crippen molar-refractivity contribution in [2.75, 3.05) is 30.5 Å². The number of hydrogen-bond donors (Lipinski definition) is 2. The molecule has 0 unspecified atom stereocenters. The third-order valence-electron chi connectivity index (χ3n) is 3.95. The Labute approximate surface area is 148 Å². The molecule has 0 aliphatic carbocycles. The summed E-state index contributed by atoms with van der Waals surface area (Å²) in [6.45, 7) is 3.34. The first kappa shape index (κ1) is 17.5. The van der Waals surface area contributed by atoms with Crippen molar-refractivity contribution in [3.63, 3.8) is 0 Å². The van der Waals surface area contributed by atoms with Gasteiger partial charge in [0.05, 0.1) is 35.1 Å². The number of fused-ring (bicyclic) bond motifs is 1. The Balaban J connectivity index is 1.80. The van der Waals surface area contributed by atoms with Gasteiger partial charge in [0.15, 0.2) is 0 Å². The van der Waals surface area contributed by atoms with E-state index in [1.54, 1.807) is 0 Å². The number of ether oxygens (including phenoxy) is 1. The monoisotopic (exact) mass is 367 g/mol. The van der Waals surface area contributed by atoms with Crippen molar-refractivity contribution < 1.29 is 18.3 Å². The summed E-state index contributed by atoms with van der Waals surface area (Å²) in [6, 6.07) is 5.05. The van der Waals surface area contributed by atoms with Crippen molar-refractivity contribution >= 4 is 28.6 Å². The summed E-state index contributed by atoms with van der Waals surface area (Å²) in [6.07, 6.45) is -2.56. The average Bonchev–Trinajstić information content (AvgIpc) is 3.21. The maximum absolute atomic E-state index is 12.7. The van der Waals surface area contributed by atoms with Crippen molar-refractivity contribution in [3.8, 4) is 5.75 Å². The van der Waals surface area contributed by atoms with Crippen LogP contribution in [0.25, 0.3) is 0 Å². The van der Waals surface area contributed by atoms with E-state index in [1.807, 2.05) is 31.0 Å². The van der Waals surface area contributed by atoms with Gasteiger partial charge in [-0.25, -0.2) is 8.78 Å². The predicted molar refractivity (Wildman–Crippen MR) is 94.9 cm³/mol. The molecule has 0 saturated heterocycles. The van der Waals surface area contributed by atoms with Gasteiger partial charge in [0.25, 0.3) is 12.3 Å². The van der Waals surface area contributed by atoms with Crippen LogP contribution < -0.4 is 20.3 Å². The second kappa shape index (κ2) is 7.26. The number of thiophene rings is 1. The summed E-state index contributed by atoms with van der Waals surface area (Å²) < 4.78 is 31.0. The number of nitrogens with zero attached hydrogens (tertiary/aromatic N) is 1. The molecule has 1 aromatic heterocycles. The topological polar surface area (TPSA) is 53.6 Å². The summed E-state index contributed by atoms with van der Waals surface area (Å²) in [7, 11) is 1.95. The first-order valence-electron chi connectivity index (χ1n) is 7.89. The van der Waals surface area contributed by atoms with Crippen molar-refractivity contribution in [1.82, 2.24) is 5.32 Å². The van der Waals surface area contributed by atoms with Crippen molar-refractivity contribution in [2.45, 2.75) is 19.9 Å². The van der Waals surface area contributed by atoms with Crippen LogP contribution in [0.2, 0.25) is 0 Å². The predicted octanol–water partition coefficient (Wildman–Crippen LogP) is 3.83. The number of benzene rings is 1. The zero-order valence-corrected chi connectivity index (χ0v) is 14.8. The minimum absolute atomic E-state index is 0.107. The third kappa shape index (κ3) is 3.53. The first-order chi connectivity index (χ1) is 12.0. The van der Waals surface area contributed by atoms with Crippen LogP contribution in [0.3, 0.4) is 0 Å². The quantitative estimate of drug-likeness (QED) is 0.815. The Morgan fingerprint density at radius 3 is 2.96 bits per heavy atom. The van der Waals surface area contributed by atoms with Crippen LogP contribution in [0.4, 0.5) is 20.2 Å². The molecule has 2 N–H and O–H groups in total. The van der Waals surface area contributed by atoms with E-state index < -0.39 is 6.43 Å². The lowest BCUT2D eigenvalue weighted by Crippen LogP contribution is -2.24. The van der Waals surface area contributed by atoms with Crippen LogP contribution in [0.5, 0.6) is 5.75 Å². The fraction of sp³-hybridized carbons (Fsp3) is 0.353. The number of halogens is 2. The van der Waals surface area contributed by atoms with Gasteiger partial charge in [-0.2, -0.15) is 0 Å². The maximum Gasteiger partial charge on any atom is 0.272 e. The molecule has 0 fully saturated rings. The van der Waals surface area contributed by atoms with Gasteiger partial charge in [-0.15, -0.1) is 11.3 Å². The molecule has 8 heteroatoms. The van der Waals surface area contributed by atoms with Crippen LogP contribution in [-0.4, -0.2) is 26.2 Å². The van der Waals surface area contributed by atoms with E-state index in [4.69, 9.17) is 4.74 Å². The smallest absolute Gasteiger partial charge is 0.272 e. The van der Waals surface area contributed by atoms with E-state index in [9.17, 15) is 13.6 Å². The van der Waals surface area contributed by atoms with Gasteiger partial charge < -0.3 is 20.3 Å². The highest BCUT2D eigenvalue weighted by atomic mass is 32.1. The van der Waals surface area contributed by atoms with Crippen LogP contribution in [0.15, 0.2) is 23.6 Å². The van der Waals surface area contributed by atoms with E-state index in [1.165, 1.54) is 11.4 Å². The molecular formula is C17H19F2N3O2S. The zero-order valence-electron chi connectivity index (χ0n) is 13.9. The number of carbonyl (C=O) groups is 1. The number of amides is 1. The number of carbonyl (C=O) groups excluding carboxylic acids is 1. The molecule has 0 saturated carbocycles. The molecule has 2 heterocycles. The Morgan fingerprint density at radius 2 is 2.28 bits per heavy atom. The second-order valence-electron chi connectivity index (χ2n) is 5.63. The van der Waals surface area contributed by atoms with Gasteiger partial charge in [0.1, 0.15) is 5.75 Å². The summed E-state index contributed by atoms with van der Waals surface area (Å²) in [5, 5.41) is 7.52. The molecule has 5 nitrogen and oxygen atoms in total. The first-order valence-corrected chi connectivity index (χ1v) is 8.77. The van der Waals surface area contributed by atoms with Gasteiger partial charge in [-0.05, 0) is 25.1 Å². The van der Waals surface area contributed by atoms with Crippen LogP contribution in [-0.2, 0) is 6.54 Å². The Morgan fingerprint density at radius 1 is 1.48 bits per heavy atom. The number of nitrogens with one attached hydrogen (secondary N) is 2. The van der Waals surface area contributed by atoms with Crippen molar-refractivity contribution in [2.24, 2.45) is 0 Å². The highest BCUT2D eigenvalue weighted by molar-refractivity contribution is 7.10. The average molecular weight is 367 g/mol. The highest BCUT2D eigenvalue weighted by Gasteiger charge is 2.23. The number of hydrogen-bond acceptors (Lipinski definition) is 5. The molecule has 0 radical (unpaired) electrons. The van der Waals surface area contributed by atoms with Crippen LogP contribution in [0.1, 0.15) is 34.1 Å². The van der Waals surface area contributed by atoms with Crippen LogP contribution in [0, 0.1) is 0 Å². The Hall–Kier alpha value is -2.35. The molecule has 0 bridgehead atoms. The lowest BCUT2D eigenvalue weighted by Gasteiger charge is -2.19. The lowest BCUT2D eigenvalue weighted by atomic mass is 10.1. The van der Waals surface area contributed by atoms with E-state index in [0.29, 0.717) is 19.0 Å². The summed E-state index contributed by atoms with van der Waals surface area (Å²) in [4.78, 5) is 14.2. The van der Waals surface area contributed by atoms with E-state index in [2.05, 4.69) is 10.6 Å². The second-order valence-corrected chi connectivity index (χ2v) is 6.57. The van der Waals surface area contributed by atoms with E-state index in [0.717, 1.165) is 28.3 Å². The molecule has 134 valence electrons. The summed E-state index contributed by atoms with van der Waals surface area (Å²) in [5.41, 5.74) is 3.07. The number of anilines is 2. The molecule has 1 aliphatic heterocycles. The molecule has 2 aromatic rings. The third-order valence-corrected chi connectivity index (χ3v) is 4.89. The largest absolute Gasteiger partial charge is 0.493 e. The molecule has 1 aliphatic rings. The normalized spacial score (nSPS) is 12.9. The minimum atomic E-state index is -2.56. The molecular weight excluding hydrogens is 348 g/mol. The Bertz CT molecular complexity index is 779. The number of rotatable bonds is 6. The van der Waals surface area contributed by atoms with E-state index in [-0.39, 0.29) is 22.9 Å². The van der Waals surface area contributed by atoms with Gasteiger partial charge in [0.2, 0.25) is 0 Å². The highest BCUT2D eigenvalue weighted by Crippen LogP contribution is 2.39. The molecule has 0 spiro atoms. The van der Waals surface area contributed by atoms with Crippen LogP contribution >= 0.6 is 11.3 Å². The molecule has 25 heavy (non-hydrogen) atoms. The molecule has 0 atom stereocenters. The maximum atomic E-state index is 12.7. The Kier molecular flexibility index (Phi) is 5.08.